The number of rotatable bonds is 2. The van der Waals surface area contributed by atoms with Crippen LogP contribution in [-0.4, -0.2) is 23.2 Å². The molecule has 2 rings (SSSR count). The molecule has 1 atom stereocenters. The van der Waals surface area contributed by atoms with Gasteiger partial charge in [0.25, 0.3) is 0 Å². The second kappa shape index (κ2) is 4.19. The lowest BCUT2D eigenvalue weighted by Crippen LogP contribution is -2.13. The Kier molecular flexibility index (Phi) is 2.89. The predicted molar refractivity (Wildman–Crippen MR) is 61.3 cm³/mol. The number of aliphatic hydroxyl groups excluding tert-OH is 1. The number of carbonyl (C=O) groups is 1. The number of ether oxygens (including phenoxy) is 1. The predicted octanol–water partition coefficient (Wildman–Crippen LogP) is 1.81. The number of aromatic nitrogens is 1. The van der Waals surface area contributed by atoms with Crippen molar-refractivity contribution in [2.45, 2.75) is 13.0 Å². The van der Waals surface area contributed by atoms with Crippen LogP contribution in [0.25, 0.3) is 10.2 Å². The molecule has 1 heterocycles. The number of nitrogens with zero attached hydrogens (tertiary/aromatic N) is 1. The van der Waals surface area contributed by atoms with Gasteiger partial charge in [0.15, 0.2) is 6.10 Å². The van der Waals surface area contributed by atoms with Crippen LogP contribution in [0.1, 0.15) is 16.7 Å². The Bertz CT molecular complexity index is 535. The summed E-state index contributed by atoms with van der Waals surface area (Å²) in [6.45, 7) is 1.92. The van der Waals surface area contributed by atoms with Crippen LogP contribution in [0.2, 0.25) is 0 Å². The Morgan fingerprint density at radius 2 is 2.31 bits per heavy atom. The molecule has 1 aromatic carbocycles. The highest BCUT2D eigenvalue weighted by Gasteiger charge is 2.18. The SMILES string of the molecule is COC(=O)C(O)c1ccc2nc(C)sc2c1. The molecule has 84 valence electrons. The van der Waals surface area contributed by atoms with Crippen LogP contribution in [0.3, 0.4) is 0 Å². The van der Waals surface area contributed by atoms with Crippen molar-refractivity contribution in [2.24, 2.45) is 0 Å². The standard InChI is InChI=1S/C11H11NO3S/c1-6-12-8-4-3-7(5-9(8)16-6)10(13)11(14)15-2/h3-5,10,13H,1-2H3. The lowest BCUT2D eigenvalue weighted by Gasteiger charge is -2.07. The number of benzene rings is 1. The van der Waals surface area contributed by atoms with Crippen LogP contribution < -0.4 is 0 Å². The fraction of sp³-hybridized carbons (Fsp3) is 0.273. The molecule has 0 spiro atoms. The summed E-state index contributed by atoms with van der Waals surface area (Å²) in [5.41, 5.74) is 1.41. The van der Waals surface area contributed by atoms with Crippen molar-refractivity contribution in [1.82, 2.24) is 4.98 Å². The molecule has 1 aromatic heterocycles. The maximum atomic E-state index is 11.2. The van der Waals surface area contributed by atoms with Crippen LogP contribution in [-0.2, 0) is 9.53 Å². The summed E-state index contributed by atoms with van der Waals surface area (Å²) in [5.74, 6) is -0.652. The summed E-state index contributed by atoms with van der Waals surface area (Å²) in [7, 11) is 1.25. The number of aryl methyl sites for hydroxylation is 1. The van der Waals surface area contributed by atoms with E-state index in [2.05, 4.69) is 9.72 Å². The first kappa shape index (κ1) is 11.0. The second-order valence-corrected chi connectivity index (χ2v) is 4.62. The van der Waals surface area contributed by atoms with E-state index in [0.717, 1.165) is 15.2 Å². The van der Waals surface area contributed by atoms with Crippen LogP contribution in [0.15, 0.2) is 18.2 Å². The summed E-state index contributed by atoms with van der Waals surface area (Å²) in [4.78, 5) is 15.5. The minimum absolute atomic E-state index is 0.531. The van der Waals surface area contributed by atoms with Crippen LogP contribution in [0.5, 0.6) is 0 Å². The topological polar surface area (TPSA) is 59.4 Å². The van der Waals surface area contributed by atoms with Crippen LogP contribution >= 0.6 is 11.3 Å². The Balaban J connectivity index is 2.42. The normalized spacial score (nSPS) is 12.7. The van der Waals surface area contributed by atoms with E-state index in [4.69, 9.17) is 0 Å². The van der Waals surface area contributed by atoms with Gasteiger partial charge in [-0.05, 0) is 24.6 Å². The lowest BCUT2D eigenvalue weighted by atomic mass is 10.1. The summed E-state index contributed by atoms with van der Waals surface area (Å²) < 4.78 is 5.44. The third-order valence-electron chi connectivity index (χ3n) is 2.26. The number of aliphatic hydroxyl groups is 1. The average molecular weight is 237 g/mol. The molecule has 0 saturated carbocycles. The van der Waals surface area contributed by atoms with Crippen molar-refractivity contribution in [2.75, 3.05) is 7.11 Å². The van der Waals surface area contributed by atoms with Gasteiger partial charge in [-0.3, -0.25) is 0 Å². The van der Waals surface area contributed by atoms with Crippen molar-refractivity contribution in [3.63, 3.8) is 0 Å². The Labute approximate surface area is 96.5 Å². The van der Waals surface area contributed by atoms with Gasteiger partial charge in [0.05, 0.1) is 22.3 Å². The molecular weight excluding hydrogens is 226 g/mol. The molecule has 1 unspecified atom stereocenters. The van der Waals surface area contributed by atoms with Gasteiger partial charge in [0.1, 0.15) is 0 Å². The van der Waals surface area contributed by atoms with E-state index in [-0.39, 0.29) is 0 Å². The zero-order valence-electron chi connectivity index (χ0n) is 8.93. The molecule has 2 aromatic rings. The van der Waals surface area contributed by atoms with E-state index < -0.39 is 12.1 Å². The molecule has 0 aliphatic rings. The van der Waals surface area contributed by atoms with Crippen molar-refractivity contribution < 1.29 is 14.6 Å². The second-order valence-electron chi connectivity index (χ2n) is 3.39. The van der Waals surface area contributed by atoms with E-state index in [9.17, 15) is 9.90 Å². The van der Waals surface area contributed by atoms with Crippen LogP contribution in [0.4, 0.5) is 0 Å². The molecule has 5 heteroatoms. The summed E-state index contributed by atoms with van der Waals surface area (Å²) >= 11 is 1.53. The summed E-state index contributed by atoms with van der Waals surface area (Å²) in [5, 5.41) is 10.6. The fourth-order valence-corrected chi connectivity index (χ4v) is 2.35. The average Bonchev–Trinajstić information content (AvgIpc) is 2.65. The number of carbonyl (C=O) groups excluding carboxylic acids is 1. The fourth-order valence-electron chi connectivity index (χ4n) is 1.47. The van der Waals surface area contributed by atoms with Gasteiger partial charge in [-0.1, -0.05) is 6.07 Å². The molecule has 16 heavy (non-hydrogen) atoms. The van der Waals surface area contributed by atoms with Gasteiger partial charge in [-0.15, -0.1) is 11.3 Å². The third kappa shape index (κ3) is 1.91. The number of thiazole rings is 1. The number of hydrogen-bond acceptors (Lipinski definition) is 5. The molecule has 0 saturated heterocycles. The van der Waals surface area contributed by atoms with Gasteiger partial charge in [0.2, 0.25) is 0 Å². The molecule has 1 N–H and O–H groups in total. The Morgan fingerprint density at radius 3 is 3.00 bits per heavy atom. The van der Waals surface area contributed by atoms with E-state index in [1.807, 2.05) is 6.92 Å². The molecule has 0 aliphatic heterocycles. The first-order valence-corrected chi connectivity index (χ1v) is 5.56. The van der Waals surface area contributed by atoms with Crippen molar-refractivity contribution >= 4 is 27.5 Å². The van der Waals surface area contributed by atoms with Crippen molar-refractivity contribution in [3.05, 3.63) is 28.8 Å². The Hall–Kier alpha value is -1.46. The number of hydrogen-bond donors (Lipinski definition) is 1. The molecule has 0 bridgehead atoms. The smallest absolute Gasteiger partial charge is 0.339 e. The van der Waals surface area contributed by atoms with E-state index >= 15 is 0 Å². The van der Waals surface area contributed by atoms with Crippen molar-refractivity contribution in [1.29, 1.82) is 0 Å². The minimum atomic E-state index is -1.23. The van der Waals surface area contributed by atoms with Gasteiger partial charge in [-0.25, -0.2) is 9.78 Å². The molecule has 0 aliphatic carbocycles. The van der Waals surface area contributed by atoms with E-state index in [1.54, 1.807) is 18.2 Å². The molecule has 0 fully saturated rings. The largest absolute Gasteiger partial charge is 0.467 e. The van der Waals surface area contributed by atoms with E-state index in [1.165, 1.54) is 18.4 Å². The van der Waals surface area contributed by atoms with E-state index in [0.29, 0.717) is 5.56 Å². The lowest BCUT2D eigenvalue weighted by molar-refractivity contribution is -0.150. The Morgan fingerprint density at radius 1 is 1.56 bits per heavy atom. The summed E-state index contributed by atoms with van der Waals surface area (Å²) in [6, 6.07) is 5.24. The van der Waals surface area contributed by atoms with Crippen molar-refractivity contribution in [3.8, 4) is 0 Å². The molecular formula is C11H11NO3S. The highest BCUT2D eigenvalue weighted by molar-refractivity contribution is 7.18. The third-order valence-corrected chi connectivity index (χ3v) is 3.19. The molecule has 0 radical (unpaired) electrons. The zero-order valence-corrected chi connectivity index (χ0v) is 9.75. The highest BCUT2D eigenvalue weighted by atomic mass is 32.1. The first-order chi connectivity index (χ1) is 7.61. The highest BCUT2D eigenvalue weighted by Crippen LogP contribution is 2.25. The van der Waals surface area contributed by atoms with Gasteiger partial charge in [0, 0.05) is 0 Å². The minimum Gasteiger partial charge on any atom is -0.467 e. The number of fused-ring (bicyclic) bond motifs is 1. The van der Waals surface area contributed by atoms with Gasteiger partial charge < -0.3 is 9.84 Å². The first-order valence-electron chi connectivity index (χ1n) is 4.75. The quantitative estimate of drug-likeness (QED) is 0.809. The number of methoxy groups -OCH3 is 1. The maximum Gasteiger partial charge on any atom is 0.339 e. The van der Waals surface area contributed by atoms with Gasteiger partial charge in [-0.2, -0.15) is 0 Å². The van der Waals surface area contributed by atoms with Crippen LogP contribution in [0, 0.1) is 6.92 Å². The monoisotopic (exact) mass is 237 g/mol. The zero-order chi connectivity index (χ0) is 11.7. The maximum absolute atomic E-state index is 11.2. The molecule has 4 nitrogen and oxygen atoms in total. The van der Waals surface area contributed by atoms with Gasteiger partial charge >= 0.3 is 5.97 Å². The number of esters is 1. The molecule has 0 amide bonds. The summed E-state index contributed by atoms with van der Waals surface area (Å²) in [6.07, 6.45) is -1.23.